The first kappa shape index (κ1) is 15.8. The number of anilines is 1. The Hall–Kier alpha value is -2.28. The summed E-state index contributed by atoms with van der Waals surface area (Å²) in [5, 5.41) is 9.13. The molecule has 1 aromatic rings. The third-order valence-electron chi connectivity index (χ3n) is 2.98. The van der Waals surface area contributed by atoms with E-state index in [1.165, 1.54) is 6.08 Å². The van der Waals surface area contributed by atoms with Crippen LogP contribution in [0.2, 0.25) is 0 Å². The van der Waals surface area contributed by atoms with E-state index in [0.717, 1.165) is 24.3 Å². The maximum absolute atomic E-state index is 11.4. The second kappa shape index (κ2) is 8.00. The molecule has 0 heterocycles. The molecule has 0 aliphatic heterocycles. The Balaban J connectivity index is 2.96. The van der Waals surface area contributed by atoms with Crippen molar-refractivity contribution in [1.29, 1.82) is 5.26 Å². The maximum atomic E-state index is 11.4. The van der Waals surface area contributed by atoms with Crippen LogP contribution in [0.1, 0.15) is 26.3 Å². The first-order valence-corrected chi connectivity index (χ1v) is 6.80. The first-order chi connectivity index (χ1) is 9.65. The molecule has 0 atom stereocenters. The van der Waals surface area contributed by atoms with Crippen molar-refractivity contribution in [2.45, 2.75) is 20.8 Å². The van der Waals surface area contributed by atoms with Crippen molar-refractivity contribution < 1.29 is 9.53 Å². The van der Waals surface area contributed by atoms with Crippen LogP contribution in [-0.4, -0.2) is 25.7 Å². The molecule has 1 aromatic carbocycles. The molecule has 106 valence electrons. The predicted molar refractivity (Wildman–Crippen MR) is 80.2 cm³/mol. The molecule has 0 aliphatic carbocycles. The van der Waals surface area contributed by atoms with E-state index in [1.54, 1.807) is 6.92 Å². The smallest absolute Gasteiger partial charge is 0.332 e. The van der Waals surface area contributed by atoms with E-state index < -0.39 is 5.97 Å². The number of hydrogen-bond acceptors (Lipinski definition) is 4. The summed E-state index contributed by atoms with van der Waals surface area (Å²) in [4.78, 5) is 13.6. The zero-order chi connectivity index (χ0) is 15.0. The molecule has 4 nitrogen and oxygen atoms in total. The lowest BCUT2D eigenvalue weighted by Gasteiger charge is -2.21. The molecule has 0 saturated carbocycles. The van der Waals surface area contributed by atoms with Gasteiger partial charge < -0.3 is 9.64 Å². The van der Waals surface area contributed by atoms with Crippen LogP contribution < -0.4 is 4.90 Å². The van der Waals surface area contributed by atoms with E-state index in [-0.39, 0.29) is 0 Å². The van der Waals surface area contributed by atoms with Crippen LogP contribution in [0.15, 0.2) is 30.3 Å². The minimum atomic E-state index is -0.489. The molecule has 20 heavy (non-hydrogen) atoms. The van der Waals surface area contributed by atoms with E-state index in [1.807, 2.05) is 30.3 Å². The lowest BCUT2D eigenvalue weighted by molar-refractivity contribution is -0.137. The van der Waals surface area contributed by atoms with Gasteiger partial charge in [-0.15, -0.1) is 0 Å². The standard InChI is InChI=1S/C16H20N2O2/c1-4-18(5-2)15-9-7-13(8-10-15)14(12-17)11-16(19)20-6-3/h7-11H,4-6H2,1-3H3/b14-11+. The van der Waals surface area contributed by atoms with Crippen molar-refractivity contribution in [2.75, 3.05) is 24.6 Å². The van der Waals surface area contributed by atoms with Crippen molar-refractivity contribution in [1.82, 2.24) is 0 Å². The van der Waals surface area contributed by atoms with E-state index in [0.29, 0.717) is 12.2 Å². The monoisotopic (exact) mass is 272 g/mol. The van der Waals surface area contributed by atoms with Crippen molar-refractivity contribution in [3.8, 4) is 6.07 Å². The molecule has 0 radical (unpaired) electrons. The average Bonchev–Trinajstić information content (AvgIpc) is 2.47. The highest BCUT2D eigenvalue weighted by atomic mass is 16.5. The second-order valence-corrected chi connectivity index (χ2v) is 4.14. The lowest BCUT2D eigenvalue weighted by atomic mass is 10.1. The summed E-state index contributed by atoms with van der Waals surface area (Å²) in [7, 11) is 0. The Bertz CT molecular complexity index is 508. The summed E-state index contributed by atoms with van der Waals surface area (Å²) in [6, 6.07) is 9.64. The average molecular weight is 272 g/mol. The molecule has 0 aliphatic rings. The molecule has 0 N–H and O–H groups in total. The van der Waals surface area contributed by atoms with Gasteiger partial charge in [-0.1, -0.05) is 12.1 Å². The van der Waals surface area contributed by atoms with E-state index in [9.17, 15) is 4.79 Å². The fraction of sp³-hybridized carbons (Fsp3) is 0.375. The van der Waals surface area contributed by atoms with Gasteiger partial charge >= 0.3 is 5.97 Å². The van der Waals surface area contributed by atoms with Gasteiger partial charge in [-0.3, -0.25) is 0 Å². The number of benzene rings is 1. The number of carbonyl (C=O) groups is 1. The molecule has 0 bridgehead atoms. The highest BCUT2D eigenvalue weighted by Crippen LogP contribution is 2.19. The van der Waals surface area contributed by atoms with Crippen LogP contribution in [0.3, 0.4) is 0 Å². The van der Waals surface area contributed by atoms with Gasteiger partial charge in [0, 0.05) is 24.9 Å². The zero-order valence-electron chi connectivity index (χ0n) is 12.2. The fourth-order valence-corrected chi connectivity index (χ4v) is 1.92. The number of esters is 1. The van der Waals surface area contributed by atoms with Gasteiger partial charge in [-0.05, 0) is 38.5 Å². The zero-order valence-corrected chi connectivity index (χ0v) is 12.2. The topological polar surface area (TPSA) is 53.3 Å². The number of hydrogen-bond donors (Lipinski definition) is 0. The quantitative estimate of drug-likeness (QED) is 0.454. The lowest BCUT2D eigenvalue weighted by Crippen LogP contribution is -2.21. The van der Waals surface area contributed by atoms with Gasteiger partial charge in [0.2, 0.25) is 0 Å². The Morgan fingerprint density at radius 2 is 1.85 bits per heavy atom. The third kappa shape index (κ3) is 4.13. The number of carbonyl (C=O) groups excluding carboxylic acids is 1. The number of ether oxygens (including phenoxy) is 1. The molecule has 4 heteroatoms. The van der Waals surface area contributed by atoms with Crippen LogP contribution >= 0.6 is 0 Å². The summed E-state index contributed by atoms with van der Waals surface area (Å²) in [6.07, 6.45) is 1.23. The largest absolute Gasteiger partial charge is 0.463 e. The molecular formula is C16H20N2O2. The summed E-state index contributed by atoms with van der Waals surface area (Å²) in [6.45, 7) is 8.09. The molecule has 0 saturated heterocycles. The number of allylic oxidation sites excluding steroid dienone is 1. The Morgan fingerprint density at radius 1 is 1.25 bits per heavy atom. The van der Waals surface area contributed by atoms with Crippen LogP contribution in [0.25, 0.3) is 5.57 Å². The van der Waals surface area contributed by atoms with Crippen LogP contribution in [0.4, 0.5) is 5.69 Å². The van der Waals surface area contributed by atoms with Gasteiger partial charge in [0.15, 0.2) is 0 Å². The fourth-order valence-electron chi connectivity index (χ4n) is 1.92. The first-order valence-electron chi connectivity index (χ1n) is 6.80. The number of rotatable bonds is 6. The molecule has 0 amide bonds. The minimum absolute atomic E-state index is 0.301. The number of nitriles is 1. The predicted octanol–water partition coefficient (Wildman–Crippen LogP) is 3.00. The molecular weight excluding hydrogens is 252 g/mol. The van der Waals surface area contributed by atoms with Gasteiger partial charge in [0.1, 0.15) is 6.07 Å². The normalized spacial score (nSPS) is 10.8. The van der Waals surface area contributed by atoms with Crippen LogP contribution in [-0.2, 0) is 9.53 Å². The Labute approximate surface area is 120 Å². The van der Waals surface area contributed by atoms with Gasteiger partial charge in [-0.2, -0.15) is 5.26 Å². The summed E-state index contributed by atoms with van der Waals surface area (Å²) < 4.78 is 4.82. The Kier molecular flexibility index (Phi) is 6.31. The van der Waals surface area contributed by atoms with Gasteiger partial charge in [0.25, 0.3) is 0 Å². The molecule has 1 rings (SSSR count). The molecule has 0 spiro atoms. The summed E-state index contributed by atoms with van der Waals surface area (Å²) in [5.74, 6) is -0.489. The maximum Gasteiger partial charge on any atom is 0.332 e. The van der Waals surface area contributed by atoms with Crippen molar-refractivity contribution in [2.24, 2.45) is 0 Å². The van der Waals surface area contributed by atoms with Crippen LogP contribution in [0, 0.1) is 11.3 Å². The highest BCUT2D eigenvalue weighted by Gasteiger charge is 2.06. The van der Waals surface area contributed by atoms with Crippen molar-refractivity contribution in [3.05, 3.63) is 35.9 Å². The van der Waals surface area contributed by atoms with Crippen molar-refractivity contribution >= 4 is 17.2 Å². The Morgan fingerprint density at radius 3 is 2.30 bits per heavy atom. The highest BCUT2D eigenvalue weighted by molar-refractivity contribution is 5.95. The minimum Gasteiger partial charge on any atom is -0.463 e. The summed E-state index contributed by atoms with van der Waals surface area (Å²) >= 11 is 0. The second-order valence-electron chi connectivity index (χ2n) is 4.14. The summed E-state index contributed by atoms with van der Waals surface area (Å²) in [5.41, 5.74) is 2.14. The SMILES string of the molecule is CCOC(=O)/C=C(\C#N)c1ccc(N(CC)CC)cc1. The van der Waals surface area contributed by atoms with Gasteiger partial charge in [-0.25, -0.2) is 4.79 Å². The van der Waals surface area contributed by atoms with Gasteiger partial charge in [0.05, 0.1) is 12.2 Å². The molecule has 0 fully saturated rings. The van der Waals surface area contributed by atoms with Crippen LogP contribution in [0.5, 0.6) is 0 Å². The van der Waals surface area contributed by atoms with E-state index in [2.05, 4.69) is 18.7 Å². The van der Waals surface area contributed by atoms with E-state index >= 15 is 0 Å². The number of nitrogens with zero attached hydrogens (tertiary/aromatic N) is 2. The third-order valence-corrected chi connectivity index (χ3v) is 2.98. The van der Waals surface area contributed by atoms with Crippen molar-refractivity contribution in [3.63, 3.8) is 0 Å². The molecule has 0 unspecified atom stereocenters. The van der Waals surface area contributed by atoms with E-state index in [4.69, 9.17) is 10.00 Å². The molecule has 0 aromatic heterocycles.